The predicted molar refractivity (Wildman–Crippen MR) is 88.4 cm³/mol. The fourth-order valence-electron chi connectivity index (χ4n) is 2.19. The zero-order valence-electron chi connectivity index (χ0n) is 11.1. The number of hydrogen-bond donors (Lipinski definition) is 1. The molecule has 0 aliphatic heterocycles. The van der Waals surface area contributed by atoms with Crippen molar-refractivity contribution in [2.24, 2.45) is 5.73 Å². The summed E-state index contributed by atoms with van der Waals surface area (Å²) in [6.07, 6.45) is 0.855. The van der Waals surface area contributed by atoms with E-state index in [9.17, 15) is 0 Å². The minimum absolute atomic E-state index is 0.0340. The average molecular weight is 383 g/mol. The van der Waals surface area contributed by atoms with E-state index in [2.05, 4.69) is 82.1 Å². The first kappa shape index (κ1) is 14.8. The lowest BCUT2D eigenvalue weighted by molar-refractivity contribution is 0.720. The summed E-state index contributed by atoms with van der Waals surface area (Å²) in [7, 11) is 0. The van der Waals surface area contributed by atoms with Gasteiger partial charge in [-0.2, -0.15) is 0 Å². The number of benzene rings is 2. The van der Waals surface area contributed by atoms with Crippen molar-refractivity contribution in [3.63, 3.8) is 0 Å². The van der Waals surface area contributed by atoms with Gasteiger partial charge in [-0.15, -0.1) is 0 Å². The van der Waals surface area contributed by atoms with Crippen molar-refractivity contribution < 1.29 is 0 Å². The highest BCUT2D eigenvalue weighted by Gasteiger charge is 2.10. The van der Waals surface area contributed by atoms with E-state index >= 15 is 0 Å². The molecule has 2 aromatic carbocycles. The minimum Gasteiger partial charge on any atom is -0.324 e. The Balaban J connectivity index is 2.20. The smallest absolute Gasteiger partial charge is 0.0335 e. The van der Waals surface area contributed by atoms with Gasteiger partial charge in [0.15, 0.2) is 0 Å². The molecule has 0 bridgehead atoms. The van der Waals surface area contributed by atoms with Gasteiger partial charge >= 0.3 is 0 Å². The van der Waals surface area contributed by atoms with Crippen LogP contribution >= 0.6 is 31.9 Å². The first-order valence-electron chi connectivity index (χ1n) is 6.24. The van der Waals surface area contributed by atoms with Crippen LogP contribution in [0.4, 0.5) is 0 Å². The van der Waals surface area contributed by atoms with Crippen molar-refractivity contribution in [3.05, 3.63) is 67.6 Å². The quantitative estimate of drug-likeness (QED) is 0.787. The highest BCUT2D eigenvalue weighted by atomic mass is 79.9. The molecule has 0 spiro atoms. The van der Waals surface area contributed by atoms with E-state index in [4.69, 9.17) is 5.73 Å². The number of hydrogen-bond acceptors (Lipinski definition) is 1. The first-order chi connectivity index (χ1) is 8.97. The van der Waals surface area contributed by atoms with Gasteiger partial charge in [-0.1, -0.05) is 56.1 Å². The Morgan fingerprint density at radius 1 is 1.00 bits per heavy atom. The molecule has 0 saturated heterocycles. The maximum Gasteiger partial charge on any atom is 0.0335 e. The predicted octanol–water partition coefficient (Wildman–Crippen LogP) is 5.07. The van der Waals surface area contributed by atoms with Crippen molar-refractivity contribution >= 4 is 31.9 Å². The van der Waals surface area contributed by atoms with Crippen LogP contribution in [0.3, 0.4) is 0 Å². The van der Waals surface area contributed by atoms with Gasteiger partial charge in [0.05, 0.1) is 0 Å². The first-order valence-corrected chi connectivity index (χ1v) is 7.82. The van der Waals surface area contributed by atoms with Crippen LogP contribution in [0.1, 0.15) is 28.3 Å². The van der Waals surface area contributed by atoms with Crippen LogP contribution in [0.15, 0.2) is 45.3 Å². The highest BCUT2D eigenvalue weighted by molar-refractivity contribution is 9.10. The number of aryl methyl sites for hydroxylation is 2. The molecule has 0 aliphatic carbocycles. The molecule has 19 heavy (non-hydrogen) atoms. The Hall–Kier alpha value is -0.640. The average Bonchev–Trinajstić information content (AvgIpc) is 2.38. The van der Waals surface area contributed by atoms with Crippen molar-refractivity contribution in [1.29, 1.82) is 0 Å². The number of nitrogens with two attached hydrogens (primary N) is 1. The second-order valence-corrected chi connectivity index (χ2v) is 6.61. The van der Waals surface area contributed by atoms with E-state index in [1.54, 1.807) is 0 Å². The Morgan fingerprint density at radius 2 is 1.53 bits per heavy atom. The fraction of sp³-hybridized carbons (Fsp3) is 0.250. The van der Waals surface area contributed by atoms with Crippen LogP contribution in [0.2, 0.25) is 0 Å². The summed E-state index contributed by atoms with van der Waals surface area (Å²) < 4.78 is 2.27. The lowest BCUT2D eigenvalue weighted by Gasteiger charge is -2.15. The van der Waals surface area contributed by atoms with E-state index in [0.29, 0.717) is 0 Å². The van der Waals surface area contributed by atoms with Crippen molar-refractivity contribution in [2.45, 2.75) is 26.3 Å². The van der Waals surface area contributed by atoms with Crippen LogP contribution in [-0.2, 0) is 6.42 Å². The van der Waals surface area contributed by atoms with Crippen LogP contribution in [0.25, 0.3) is 0 Å². The maximum atomic E-state index is 6.33. The number of halogens is 2. The van der Waals surface area contributed by atoms with Crippen LogP contribution in [-0.4, -0.2) is 0 Å². The summed E-state index contributed by atoms with van der Waals surface area (Å²) in [6.45, 7) is 4.21. The summed E-state index contributed by atoms with van der Waals surface area (Å²) >= 11 is 7.04. The zero-order chi connectivity index (χ0) is 14.0. The maximum absolute atomic E-state index is 6.33. The monoisotopic (exact) mass is 381 g/mol. The Bertz CT molecular complexity index is 553. The van der Waals surface area contributed by atoms with E-state index in [1.807, 2.05) is 0 Å². The van der Waals surface area contributed by atoms with Gasteiger partial charge in [-0.05, 0) is 54.7 Å². The lowest BCUT2D eigenvalue weighted by atomic mass is 9.97. The topological polar surface area (TPSA) is 26.0 Å². The van der Waals surface area contributed by atoms with Gasteiger partial charge in [-0.25, -0.2) is 0 Å². The highest BCUT2D eigenvalue weighted by Crippen LogP contribution is 2.26. The summed E-state index contributed by atoms with van der Waals surface area (Å²) in [5.74, 6) is 0. The molecule has 2 aromatic rings. The molecule has 0 aromatic heterocycles. The molecule has 100 valence electrons. The molecule has 0 heterocycles. The Kier molecular flexibility index (Phi) is 4.82. The van der Waals surface area contributed by atoms with Crippen molar-refractivity contribution in [2.75, 3.05) is 0 Å². The van der Waals surface area contributed by atoms with Gasteiger partial charge < -0.3 is 5.73 Å². The van der Waals surface area contributed by atoms with Gasteiger partial charge in [-0.3, -0.25) is 0 Å². The van der Waals surface area contributed by atoms with E-state index < -0.39 is 0 Å². The van der Waals surface area contributed by atoms with Crippen molar-refractivity contribution in [1.82, 2.24) is 0 Å². The van der Waals surface area contributed by atoms with Crippen LogP contribution in [0.5, 0.6) is 0 Å². The van der Waals surface area contributed by atoms with Crippen LogP contribution in [0, 0.1) is 13.8 Å². The summed E-state index contributed by atoms with van der Waals surface area (Å²) in [4.78, 5) is 0. The molecular formula is C16H17Br2N. The molecule has 1 unspecified atom stereocenters. The van der Waals surface area contributed by atoms with E-state index in [1.165, 1.54) is 26.7 Å². The molecule has 0 fully saturated rings. The largest absolute Gasteiger partial charge is 0.324 e. The normalized spacial score (nSPS) is 12.5. The van der Waals surface area contributed by atoms with Gasteiger partial charge in [0, 0.05) is 15.0 Å². The molecule has 0 radical (unpaired) electrons. The molecule has 0 saturated carbocycles. The molecule has 0 amide bonds. The minimum atomic E-state index is 0.0340. The molecule has 3 heteroatoms. The zero-order valence-corrected chi connectivity index (χ0v) is 14.3. The Morgan fingerprint density at radius 3 is 2.05 bits per heavy atom. The molecule has 1 atom stereocenters. The summed E-state index contributed by atoms with van der Waals surface area (Å²) in [6, 6.07) is 12.7. The lowest BCUT2D eigenvalue weighted by Crippen LogP contribution is -2.14. The third kappa shape index (κ3) is 3.68. The second kappa shape index (κ2) is 6.21. The Labute approximate surface area is 131 Å². The fourth-order valence-corrected chi connectivity index (χ4v) is 2.68. The number of rotatable bonds is 3. The van der Waals surface area contributed by atoms with Crippen molar-refractivity contribution in [3.8, 4) is 0 Å². The third-order valence-corrected chi connectivity index (χ3v) is 5.04. The standard InChI is InChI=1S/C16H17Br2N/c1-10-7-13(8-11(2)16(10)18)15(19)9-12-3-5-14(17)6-4-12/h3-8,15H,9,19H2,1-2H3. The molecule has 0 aliphatic rings. The summed E-state index contributed by atoms with van der Waals surface area (Å²) in [5, 5.41) is 0. The molecule has 1 nitrogen and oxygen atoms in total. The van der Waals surface area contributed by atoms with Gasteiger partial charge in [0.1, 0.15) is 0 Å². The SMILES string of the molecule is Cc1cc(C(N)Cc2ccc(Br)cc2)cc(C)c1Br. The van der Waals surface area contributed by atoms with Crippen LogP contribution < -0.4 is 5.73 Å². The molecular weight excluding hydrogens is 366 g/mol. The molecule has 2 rings (SSSR count). The van der Waals surface area contributed by atoms with Gasteiger partial charge in [0.2, 0.25) is 0 Å². The van der Waals surface area contributed by atoms with E-state index in [0.717, 1.165) is 10.9 Å². The van der Waals surface area contributed by atoms with Gasteiger partial charge in [0.25, 0.3) is 0 Å². The second-order valence-electron chi connectivity index (χ2n) is 4.91. The summed E-state index contributed by atoms with van der Waals surface area (Å²) in [5.41, 5.74) is 11.3. The third-order valence-electron chi connectivity index (χ3n) is 3.26. The molecule has 2 N–H and O–H groups in total. The van der Waals surface area contributed by atoms with E-state index in [-0.39, 0.29) is 6.04 Å².